The zero-order chi connectivity index (χ0) is 16.3. The van der Waals surface area contributed by atoms with Crippen LogP contribution in [0.25, 0.3) is 0 Å². The minimum atomic E-state index is -1.15. The molecule has 0 amide bonds. The lowest BCUT2D eigenvalue weighted by atomic mass is 10.2. The first-order valence-electron chi connectivity index (χ1n) is 5.06. The number of halogens is 2. The number of nitrogens with zero attached hydrogens (tertiary/aromatic N) is 3. The van der Waals surface area contributed by atoms with E-state index in [2.05, 4.69) is 5.32 Å². The third-order valence-corrected chi connectivity index (χ3v) is 2.98. The van der Waals surface area contributed by atoms with Crippen molar-refractivity contribution in [3.8, 4) is 0 Å². The average molecular weight is 341 g/mol. The molecule has 13 heteroatoms. The first-order valence-corrected chi connectivity index (χ1v) is 5.82. The van der Waals surface area contributed by atoms with E-state index < -0.39 is 54.2 Å². The quantitative estimate of drug-likeness (QED) is 0.587. The summed E-state index contributed by atoms with van der Waals surface area (Å²) in [6.07, 6.45) is 0. The first-order chi connectivity index (χ1) is 9.73. The van der Waals surface area contributed by atoms with Crippen LogP contribution in [-0.4, -0.2) is 33.0 Å². The summed E-state index contributed by atoms with van der Waals surface area (Å²) in [6.45, 7) is -0.785. The molecule has 0 aliphatic carbocycles. The van der Waals surface area contributed by atoms with Gasteiger partial charge in [-0.05, 0) is 0 Å². The third kappa shape index (κ3) is 3.09. The van der Waals surface area contributed by atoms with E-state index in [1.54, 1.807) is 0 Å². The van der Waals surface area contributed by atoms with E-state index in [0.29, 0.717) is 0 Å². The van der Waals surface area contributed by atoms with Crippen molar-refractivity contribution in [1.82, 2.24) is 0 Å². The molecule has 0 heterocycles. The Morgan fingerprint density at radius 2 is 1.29 bits per heavy atom. The largest absolute Gasteiger partial charge is 0.395 e. The number of aliphatic hydroxyl groups excluding tert-OH is 1. The van der Waals surface area contributed by atoms with Crippen molar-refractivity contribution < 1.29 is 19.9 Å². The van der Waals surface area contributed by atoms with Crippen molar-refractivity contribution in [3.05, 3.63) is 40.4 Å². The number of anilines is 1. The lowest BCUT2D eigenvalue weighted by Gasteiger charge is -2.09. The van der Waals surface area contributed by atoms with Crippen molar-refractivity contribution in [3.63, 3.8) is 0 Å². The van der Waals surface area contributed by atoms with E-state index in [1.807, 2.05) is 0 Å². The number of aliphatic hydroxyl groups is 1. The number of rotatable bonds is 6. The Morgan fingerprint density at radius 1 is 0.905 bits per heavy atom. The van der Waals surface area contributed by atoms with E-state index in [1.165, 1.54) is 0 Å². The van der Waals surface area contributed by atoms with Crippen LogP contribution in [0.5, 0.6) is 0 Å². The minimum Gasteiger partial charge on any atom is -0.395 e. The molecule has 11 nitrogen and oxygen atoms in total. The molecule has 21 heavy (non-hydrogen) atoms. The Morgan fingerprint density at radius 3 is 1.57 bits per heavy atom. The highest BCUT2D eigenvalue weighted by molar-refractivity contribution is 6.42. The second-order valence-electron chi connectivity index (χ2n) is 3.47. The fourth-order valence-corrected chi connectivity index (χ4v) is 2.21. The molecule has 0 saturated heterocycles. The summed E-state index contributed by atoms with van der Waals surface area (Å²) in [5, 5.41) is 41.9. The van der Waals surface area contributed by atoms with E-state index in [0.717, 1.165) is 0 Å². The summed E-state index contributed by atoms with van der Waals surface area (Å²) in [4.78, 5) is 29.5. The molecule has 0 atom stereocenters. The Kier molecular flexibility index (Phi) is 5.18. The second-order valence-corrected chi connectivity index (χ2v) is 4.23. The van der Waals surface area contributed by atoms with Gasteiger partial charge in [0.15, 0.2) is 5.69 Å². The third-order valence-electron chi connectivity index (χ3n) is 2.27. The van der Waals surface area contributed by atoms with Gasteiger partial charge in [-0.2, -0.15) is 0 Å². The van der Waals surface area contributed by atoms with E-state index >= 15 is 0 Å². The van der Waals surface area contributed by atoms with Gasteiger partial charge >= 0.3 is 17.1 Å². The molecule has 0 radical (unpaired) electrons. The van der Waals surface area contributed by atoms with Crippen LogP contribution < -0.4 is 5.32 Å². The van der Waals surface area contributed by atoms with Gasteiger partial charge in [0, 0.05) is 6.54 Å². The van der Waals surface area contributed by atoms with Crippen molar-refractivity contribution in [1.29, 1.82) is 0 Å². The van der Waals surface area contributed by atoms with Crippen LogP contribution in [0.2, 0.25) is 10.0 Å². The predicted octanol–water partition coefficient (Wildman–Crippen LogP) is 2.12. The number of nitro groups is 3. The van der Waals surface area contributed by atoms with Crippen LogP contribution in [0, 0.1) is 30.3 Å². The monoisotopic (exact) mass is 340 g/mol. The zero-order valence-corrected chi connectivity index (χ0v) is 11.4. The number of benzene rings is 1. The molecule has 0 fully saturated rings. The minimum absolute atomic E-state index is 0.286. The molecule has 0 aliphatic rings. The molecular weight excluding hydrogens is 335 g/mol. The standard InChI is InChI=1S/C8H6Cl2N4O7/c9-3-6(12(16)17)4(10)8(14(20)21)5(11-1-2-15)7(3)13(18)19/h11,15H,1-2H2. The topological polar surface area (TPSA) is 162 Å². The van der Waals surface area contributed by atoms with Crippen LogP contribution in [0.1, 0.15) is 0 Å². The predicted molar refractivity (Wildman–Crippen MR) is 72.0 cm³/mol. The van der Waals surface area contributed by atoms with Crippen molar-refractivity contribution >= 4 is 46.0 Å². The van der Waals surface area contributed by atoms with Gasteiger partial charge in [-0.15, -0.1) is 0 Å². The molecule has 0 saturated carbocycles. The van der Waals surface area contributed by atoms with Gasteiger partial charge in [0.05, 0.1) is 21.4 Å². The summed E-state index contributed by atoms with van der Waals surface area (Å²) in [5.41, 5.74) is -3.97. The molecule has 1 aromatic carbocycles. The molecule has 1 rings (SSSR count). The van der Waals surface area contributed by atoms with Gasteiger partial charge in [-0.25, -0.2) is 0 Å². The van der Waals surface area contributed by atoms with Crippen LogP contribution in [0.15, 0.2) is 0 Å². The molecule has 0 bridgehead atoms. The Bertz CT molecular complexity index is 595. The lowest BCUT2D eigenvalue weighted by Crippen LogP contribution is -2.11. The highest BCUT2D eigenvalue weighted by atomic mass is 35.5. The lowest BCUT2D eigenvalue weighted by molar-refractivity contribution is -0.401. The summed E-state index contributed by atoms with van der Waals surface area (Å²) < 4.78 is 0. The number of nitrogens with one attached hydrogen (secondary N) is 1. The zero-order valence-electron chi connectivity index (χ0n) is 9.91. The van der Waals surface area contributed by atoms with E-state index in [4.69, 9.17) is 28.3 Å². The van der Waals surface area contributed by atoms with Gasteiger partial charge in [0.2, 0.25) is 10.0 Å². The Balaban J connectivity index is 3.86. The molecule has 1 aromatic rings. The van der Waals surface area contributed by atoms with Gasteiger partial charge in [-0.3, -0.25) is 30.3 Å². The fraction of sp³-hybridized carbons (Fsp3) is 0.250. The summed E-state index contributed by atoms with van der Waals surface area (Å²) in [7, 11) is 0. The molecule has 0 spiro atoms. The Hall–Kier alpha value is -2.24. The van der Waals surface area contributed by atoms with Crippen LogP contribution in [0.4, 0.5) is 22.7 Å². The SMILES string of the molecule is O=[N+]([O-])c1c(Cl)c([N+](=O)[O-])c(NCCO)c([N+](=O)[O-])c1Cl. The van der Waals surface area contributed by atoms with Crippen molar-refractivity contribution in [2.75, 3.05) is 18.5 Å². The summed E-state index contributed by atoms with van der Waals surface area (Å²) in [5.74, 6) is 0. The van der Waals surface area contributed by atoms with Gasteiger partial charge < -0.3 is 10.4 Å². The van der Waals surface area contributed by atoms with Crippen molar-refractivity contribution in [2.24, 2.45) is 0 Å². The highest BCUT2D eigenvalue weighted by Crippen LogP contribution is 2.51. The van der Waals surface area contributed by atoms with Crippen LogP contribution in [-0.2, 0) is 0 Å². The second kappa shape index (κ2) is 6.47. The molecular formula is C8H6Cl2N4O7. The average Bonchev–Trinajstić information content (AvgIpc) is 2.34. The first kappa shape index (κ1) is 16.8. The van der Waals surface area contributed by atoms with Gasteiger partial charge in [0.1, 0.15) is 0 Å². The molecule has 0 aliphatic heterocycles. The van der Waals surface area contributed by atoms with Crippen LogP contribution >= 0.6 is 23.2 Å². The maximum absolute atomic E-state index is 11.0. The molecule has 2 N–H and O–H groups in total. The smallest absolute Gasteiger partial charge is 0.325 e. The molecule has 0 unspecified atom stereocenters. The number of nitro benzene ring substituents is 3. The highest BCUT2D eigenvalue weighted by Gasteiger charge is 2.40. The summed E-state index contributed by atoms with van der Waals surface area (Å²) >= 11 is 11.1. The fourth-order valence-electron chi connectivity index (χ4n) is 1.50. The molecule has 0 aromatic heterocycles. The van der Waals surface area contributed by atoms with Crippen molar-refractivity contribution in [2.45, 2.75) is 0 Å². The maximum atomic E-state index is 11.0. The maximum Gasteiger partial charge on any atom is 0.325 e. The van der Waals surface area contributed by atoms with Gasteiger partial charge in [-0.1, -0.05) is 23.2 Å². The van der Waals surface area contributed by atoms with Gasteiger partial charge in [0.25, 0.3) is 0 Å². The number of hydrogen-bond acceptors (Lipinski definition) is 8. The van der Waals surface area contributed by atoms with Crippen LogP contribution in [0.3, 0.4) is 0 Å². The molecule has 114 valence electrons. The normalized spacial score (nSPS) is 10.2. The summed E-state index contributed by atoms with van der Waals surface area (Å²) in [6, 6.07) is 0. The van der Waals surface area contributed by atoms with E-state index in [-0.39, 0.29) is 6.54 Å². The number of hydrogen-bond donors (Lipinski definition) is 2. The van der Waals surface area contributed by atoms with E-state index in [9.17, 15) is 30.3 Å². The Labute approximate surface area is 125 Å².